The maximum absolute atomic E-state index is 11.4. The van der Waals surface area contributed by atoms with Gasteiger partial charge in [0.05, 0.1) is 23.6 Å². The monoisotopic (exact) mass is 243 g/mol. The smallest absolute Gasteiger partial charge is 0.192 e. The van der Waals surface area contributed by atoms with Crippen molar-refractivity contribution in [2.24, 2.45) is 10.7 Å². The Balaban J connectivity index is 2.18. The minimum atomic E-state index is -2.85. The van der Waals surface area contributed by atoms with Crippen molar-refractivity contribution < 1.29 is 8.42 Å². The lowest BCUT2D eigenvalue weighted by Gasteiger charge is -2.41. The first-order valence-electron chi connectivity index (χ1n) is 5.38. The lowest BCUT2D eigenvalue weighted by Crippen LogP contribution is -2.55. The molecule has 2 aliphatic rings. The third-order valence-electron chi connectivity index (χ3n) is 3.45. The number of sulfone groups is 1. The molecule has 16 heavy (non-hydrogen) atoms. The summed E-state index contributed by atoms with van der Waals surface area (Å²) in [7, 11) is -2.85. The number of nitrogens with two attached hydrogens (primary N) is 1. The van der Waals surface area contributed by atoms with Crippen LogP contribution in [0.3, 0.4) is 0 Å². The van der Waals surface area contributed by atoms with Crippen molar-refractivity contribution in [3.05, 3.63) is 12.7 Å². The quantitative estimate of drug-likeness (QED) is 0.679. The van der Waals surface area contributed by atoms with E-state index in [2.05, 4.69) is 11.6 Å². The normalized spacial score (nSPS) is 26.8. The summed E-state index contributed by atoms with van der Waals surface area (Å²) in [5, 5.41) is 0. The van der Waals surface area contributed by atoms with E-state index < -0.39 is 9.84 Å². The number of hydrogen-bond donors (Lipinski definition) is 1. The average molecular weight is 243 g/mol. The molecular weight excluding hydrogens is 226 g/mol. The van der Waals surface area contributed by atoms with Gasteiger partial charge < -0.3 is 10.6 Å². The van der Waals surface area contributed by atoms with E-state index in [1.54, 1.807) is 6.08 Å². The van der Waals surface area contributed by atoms with Gasteiger partial charge in [-0.3, -0.25) is 4.99 Å². The zero-order valence-electron chi connectivity index (χ0n) is 9.22. The Morgan fingerprint density at radius 2 is 2.12 bits per heavy atom. The van der Waals surface area contributed by atoms with E-state index in [4.69, 9.17) is 5.73 Å². The molecule has 90 valence electrons. The molecule has 0 aromatic carbocycles. The van der Waals surface area contributed by atoms with E-state index in [1.807, 2.05) is 4.90 Å². The van der Waals surface area contributed by atoms with Crippen LogP contribution >= 0.6 is 0 Å². The number of aliphatic imine (C=N–C) groups is 1. The average Bonchev–Trinajstić information content (AvgIpc) is 2.53. The van der Waals surface area contributed by atoms with E-state index in [0.29, 0.717) is 31.9 Å². The van der Waals surface area contributed by atoms with Gasteiger partial charge in [-0.15, -0.1) is 6.58 Å². The van der Waals surface area contributed by atoms with Crippen molar-refractivity contribution >= 4 is 15.8 Å². The summed E-state index contributed by atoms with van der Waals surface area (Å²) < 4.78 is 22.9. The van der Waals surface area contributed by atoms with Crippen LogP contribution in [0, 0.1) is 0 Å². The largest absolute Gasteiger partial charge is 0.370 e. The molecule has 0 aromatic heterocycles. The number of nitrogens with zero attached hydrogens (tertiary/aromatic N) is 2. The molecule has 0 radical (unpaired) electrons. The number of hydrogen-bond acceptors (Lipinski definition) is 5. The first-order valence-corrected chi connectivity index (χ1v) is 7.20. The predicted octanol–water partition coefficient (Wildman–Crippen LogP) is -0.250. The van der Waals surface area contributed by atoms with Crippen molar-refractivity contribution in [2.45, 2.75) is 18.4 Å². The molecule has 2 heterocycles. The minimum absolute atomic E-state index is 0.177. The lowest BCUT2D eigenvalue weighted by molar-refractivity contribution is 0.197. The molecule has 6 heteroatoms. The first kappa shape index (κ1) is 11.4. The van der Waals surface area contributed by atoms with E-state index >= 15 is 0 Å². The van der Waals surface area contributed by atoms with E-state index in [1.165, 1.54) is 0 Å². The van der Waals surface area contributed by atoms with Crippen LogP contribution in [-0.4, -0.2) is 49.4 Å². The Kier molecular flexibility index (Phi) is 2.69. The Hall–Kier alpha value is -1.04. The molecule has 2 rings (SSSR count). The highest BCUT2D eigenvalue weighted by Gasteiger charge is 2.45. The zero-order valence-corrected chi connectivity index (χ0v) is 10.0. The van der Waals surface area contributed by atoms with Gasteiger partial charge in [0.2, 0.25) is 0 Å². The van der Waals surface area contributed by atoms with Crippen LogP contribution in [0.15, 0.2) is 17.6 Å². The highest BCUT2D eigenvalue weighted by molar-refractivity contribution is 7.91. The van der Waals surface area contributed by atoms with Gasteiger partial charge in [0, 0.05) is 6.54 Å². The standard InChI is InChI=1S/C10H17N3O2S/c1-2-5-13-9(11)12-8-10(13)3-6-16(14,15)7-4-10/h2H,1,3-8H2,(H2,11,12). The summed E-state index contributed by atoms with van der Waals surface area (Å²) in [6.45, 7) is 4.94. The molecule has 0 aromatic rings. The van der Waals surface area contributed by atoms with Crippen molar-refractivity contribution in [3.8, 4) is 0 Å². The van der Waals surface area contributed by atoms with Crippen molar-refractivity contribution in [2.75, 3.05) is 24.6 Å². The molecule has 1 spiro atoms. The molecule has 5 nitrogen and oxygen atoms in total. The molecule has 0 saturated carbocycles. The number of rotatable bonds is 2. The summed E-state index contributed by atoms with van der Waals surface area (Å²) in [5.41, 5.74) is 5.64. The molecule has 1 saturated heterocycles. The summed E-state index contributed by atoms with van der Waals surface area (Å²) in [4.78, 5) is 6.23. The molecule has 1 fully saturated rings. The molecule has 0 aliphatic carbocycles. The summed E-state index contributed by atoms with van der Waals surface area (Å²) in [6, 6.07) is 0. The molecule has 0 unspecified atom stereocenters. The van der Waals surface area contributed by atoms with Crippen LogP contribution in [0.1, 0.15) is 12.8 Å². The second-order valence-electron chi connectivity index (χ2n) is 4.45. The molecule has 0 bridgehead atoms. The third kappa shape index (κ3) is 1.81. The van der Waals surface area contributed by atoms with Gasteiger partial charge in [-0.1, -0.05) is 6.08 Å². The molecule has 2 aliphatic heterocycles. The van der Waals surface area contributed by atoms with Crippen molar-refractivity contribution in [1.82, 2.24) is 4.90 Å². The Bertz CT molecular complexity index is 413. The van der Waals surface area contributed by atoms with Gasteiger partial charge in [0.25, 0.3) is 0 Å². The topological polar surface area (TPSA) is 75.8 Å². The van der Waals surface area contributed by atoms with Crippen LogP contribution < -0.4 is 5.73 Å². The Morgan fingerprint density at radius 1 is 1.50 bits per heavy atom. The predicted molar refractivity (Wildman–Crippen MR) is 64.0 cm³/mol. The second kappa shape index (κ2) is 3.76. The Labute approximate surface area is 95.9 Å². The van der Waals surface area contributed by atoms with E-state index in [9.17, 15) is 8.42 Å². The van der Waals surface area contributed by atoms with Crippen LogP contribution in [0.2, 0.25) is 0 Å². The fraction of sp³-hybridized carbons (Fsp3) is 0.700. The van der Waals surface area contributed by atoms with Crippen LogP contribution in [0.5, 0.6) is 0 Å². The van der Waals surface area contributed by atoms with Crippen molar-refractivity contribution in [3.63, 3.8) is 0 Å². The summed E-state index contributed by atoms with van der Waals surface area (Å²) in [6.07, 6.45) is 3.01. The maximum Gasteiger partial charge on any atom is 0.192 e. The number of guanidine groups is 1. The molecule has 2 N–H and O–H groups in total. The fourth-order valence-electron chi connectivity index (χ4n) is 2.40. The minimum Gasteiger partial charge on any atom is -0.370 e. The SMILES string of the molecule is C=CCN1C(N)=NCC12CCS(=O)(=O)CC2. The van der Waals surface area contributed by atoms with Gasteiger partial charge in [-0.25, -0.2) is 8.42 Å². The van der Waals surface area contributed by atoms with Gasteiger partial charge in [0.15, 0.2) is 15.8 Å². The highest BCUT2D eigenvalue weighted by atomic mass is 32.2. The zero-order chi connectivity index (χ0) is 11.8. The fourth-order valence-corrected chi connectivity index (χ4v) is 3.99. The van der Waals surface area contributed by atoms with E-state index in [-0.39, 0.29) is 17.0 Å². The van der Waals surface area contributed by atoms with Crippen molar-refractivity contribution in [1.29, 1.82) is 0 Å². The van der Waals surface area contributed by atoms with Gasteiger partial charge in [-0.05, 0) is 12.8 Å². The molecule has 0 amide bonds. The molecular formula is C10H17N3O2S. The van der Waals surface area contributed by atoms with Gasteiger partial charge >= 0.3 is 0 Å². The second-order valence-corrected chi connectivity index (χ2v) is 6.75. The van der Waals surface area contributed by atoms with Gasteiger partial charge in [-0.2, -0.15) is 0 Å². The summed E-state index contributed by atoms with van der Waals surface area (Å²) in [5.74, 6) is 0.992. The maximum atomic E-state index is 11.4. The van der Waals surface area contributed by atoms with Crippen LogP contribution in [-0.2, 0) is 9.84 Å². The Morgan fingerprint density at radius 3 is 2.69 bits per heavy atom. The van der Waals surface area contributed by atoms with Crippen LogP contribution in [0.4, 0.5) is 0 Å². The van der Waals surface area contributed by atoms with Gasteiger partial charge in [0.1, 0.15) is 0 Å². The highest BCUT2D eigenvalue weighted by Crippen LogP contribution is 2.33. The summed E-state index contributed by atoms with van der Waals surface area (Å²) >= 11 is 0. The van der Waals surface area contributed by atoms with Crippen LogP contribution in [0.25, 0.3) is 0 Å². The van der Waals surface area contributed by atoms with E-state index in [0.717, 1.165) is 0 Å². The third-order valence-corrected chi connectivity index (χ3v) is 5.11. The molecule has 0 atom stereocenters. The lowest BCUT2D eigenvalue weighted by atomic mass is 9.91. The first-order chi connectivity index (χ1) is 7.49.